The van der Waals surface area contributed by atoms with Crippen LogP contribution in [0.5, 0.6) is 0 Å². The van der Waals surface area contributed by atoms with Crippen LogP contribution in [-0.4, -0.2) is 73.7 Å². The molecule has 17 atom stereocenters. The molecule has 0 aliphatic carbocycles. The molecule has 4 rings (SSSR count). The van der Waals surface area contributed by atoms with E-state index in [0.29, 0.717) is 31.0 Å². The van der Waals surface area contributed by atoms with Crippen molar-refractivity contribution >= 4 is 5.97 Å². The largest absolute Gasteiger partial charge is 0.475 e. The van der Waals surface area contributed by atoms with Gasteiger partial charge in [-0.2, -0.15) is 0 Å². The van der Waals surface area contributed by atoms with Gasteiger partial charge in [-0.15, -0.1) is 0 Å². The predicted molar refractivity (Wildman–Crippen MR) is 166 cm³/mol. The van der Waals surface area contributed by atoms with E-state index in [2.05, 4.69) is 69.2 Å². The van der Waals surface area contributed by atoms with Crippen molar-refractivity contribution in [3.63, 3.8) is 0 Å². The molecule has 0 aromatic carbocycles. The number of hydrogen-bond acceptors (Lipinski definition) is 8. The summed E-state index contributed by atoms with van der Waals surface area (Å²) in [6.45, 7) is 26.8. The molecule has 254 valence electrons. The van der Waals surface area contributed by atoms with Crippen LogP contribution < -0.4 is 0 Å². The van der Waals surface area contributed by atoms with Crippen molar-refractivity contribution < 1.29 is 43.1 Å². The Morgan fingerprint density at radius 2 is 1.32 bits per heavy atom. The van der Waals surface area contributed by atoms with Gasteiger partial charge in [-0.3, -0.25) is 0 Å². The Balaban J connectivity index is 1.38. The van der Waals surface area contributed by atoms with E-state index in [1.165, 1.54) is 0 Å². The Morgan fingerprint density at radius 1 is 0.705 bits per heavy atom. The molecule has 17 unspecified atom stereocenters. The summed E-state index contributed by atoms with van der Waals surface area (Å²) in [5.41, 5.74) is 0. The lowest BCUT2D eigenvalue weighted by atomic mass is 9.75. The highest BCUT2D eigenvalue weighted by Crippen LogP contribution is 2.42. The van der Waals surface area contributed by atoms with E-state index in [4.69, 9.17) is 33.2 Å². The first-order valence-electron chi connectivity index (χ1n) is 17.1. The maximum absolute atomic E-state index is 11.6. The summed E-state index contributed by atoms with van der Waals surface area (Å²) >= 11 is 0. The summed E-state index contributed by atoms with van der Waals surface area (Å²) in [6.07, 6.45) is 0.464. The Hall–Kier alpha value is -1.23. The molecule has 0 aromatic heterocycles. The van der Waals surface area contributed by atoms with Gasteiger partial charge in [0.1, 0.15) is 0 Å². The van der Waals surface area contributed by atoms with Gasteiger partial charge in [0.15, 0.2) is 12.6 Å². The molecule has 4 heterocycles. The minimum absolute atomic E-state index is 0.0238. The molecule has 0 amide bonds. The zero-order chi connectivity index (χ0) is 32.6. The Bertz CT molecular complexity index is 985. The molecule has 3 fully saturated rings. The molecular weight excluding hydrogens is 564 g/mol. The zero-order valence-corrected chi connectivity index (χ0v) is 29.1. The first kappa shape index (κ1) is 35.6. The first-order valence-corrected chi connectivity index (χ1v) is 17.1. The second kappa shape index (κ2) is 14.7. The highest BCUT2D eigenvalue weighted by molar-refractivity contribution is 5.84. The number of hydrogen-bond donors (Lipinski definition) is 1. The molecule has 0 spiro atoms. The lowest BCUT2D eigenvalue weighted by Crippen LogP contribution is -2.53. The van der Waals surface area contributed by atoms with Crippen LogP contribution in [-0.2, 0) is 38.0 Å². The third-order valence-corrected chi connectivity index (χ3v) is 11.6. The van der Waals surface area contributed by atoms with Crippen LogP contribution in [0.2, 0.25) is 0 Å². The summed E-state index contributed by atoms with van der Waals surface area (Å²) in [5, 5.41) is 9.51. The monoisotopic (exact) mass is 624 g/mol. The maximum Gasteiger partial charge on any atom is 0.370 e. The highest BCUT2D eigenvalue weighted by atomic mass is 16.7. The molecule has 0 aromatic rings. The average Bonchev–Trinajstić information content (AvgIpc) is 3.24. The summed E-state index contributed by atoms with van der Waals surface area (Å²) in [4.78, 5) is 11.6. The summed E-state index contributed by atoms with van der Waals surface area (Å²) in [6, 6.07) is 0. The smallest absolute Gasteiger partial charge is 0.370 e. The quantitative estimate of drug-likeness (QED) is 0.298. The van der Waals surface area contributed by atoms with Crippen LogP contribution in [0, 0.1) is 59.2 Å². The van der Waals surface area contributed by atoms with Gasteiger partial charge in [-0.05, 0) is 62.4 Å². The molecule has 0 radical (unpaired) electrons. The molecule has 1 N–H and O–H groups in total. The maximum atomic E-state index is 11.6. The van der Waals surface area contributed by atoms with Gasteiger partial charge in [0.25, 0.3) is 0 Å². The van der Waals surface area contributed by atoms with Crippen molar-refractivity contribution in [2.75, 3.05) is 13.2 Å². The number of rotatable bonds is 10. The standard InChI is InChI=1S/C35H60O9/c1-16(2)30-19(5)22(8)35(43-30)44-31-20(6)21(7)34(41-26(31)12)38-14-27-23(9)24(10)40-25(11)28(27)15-39-33-18(4)17(3)13-29(42-33)32(36)37/h13,16-28,30-31,33-35H,14-15H2,1-12H3,(H,36,37). The van der Waals surface area contributed by atoms with Gasteiger partial charge in [0, 0.05) is 23.7 Å². The van der Waals surface area contributed by atoms with Gasteiger partial charge in [-0.1, -0.05) is 62.3 Å². The van der Waals surface area contributed by atoms with Crippen LogP contribution >= 0.6 is 0 Å². The number of aliphatic carboxylic acids is 1. The second-order valence-electron chi connectivity index (χ2n) is 14.9. The van der Waals surface area contributed by atoms with E-state index in [1.807, 2.05) is 13.8 Å². The molecular formula is C35H60O9. The number of ether oxygens (including phenoxy) is 7. The normalized spacial score (nSPS) is 48.2. The zero-order valence-electron chi connectivity index (χ0n) is 29.1. The Kier molecular flexibility index (Phi) is 11.9. The SMILES string of the molecule is CC(C)C1OC(OC2C(C)OC(OCC3C(C)C(C)OC(C)C3COC3OC(C(=O)O)=CC(C)C3C)C(C)C2C)C(C)C1C. The van der Waals surface area contributed by atoms with Crippen molar-refractivity contribution in [2.45, 2.75) is 132 Å². The molecule has 0 saturated carbocycles. The molecule has 44 heavy (non-hydrogen) atoms. The van der Waals surface area contributed by atoms with Gasteiger partial charge in [-0.25, -0.2) is 4.79 Å². The molecule has 4 aliphatic rings. The van der Waals surface area contributed by atoms with Gasteiger partial charge in [0.2, 0.25) is 12.0 Å². The van der Waals surface area contributed by atoms with Crippen LogP contribution in [0.1, 0.15) is 83.1 Å². The topological polar surface area (TPSA) is 102 Å². The highest BCUT2D eigenvalue weighted by Gasteiger charge is 2.48. The predicted octanol–water partition coefficient (Wildman–Crippen LogP) is 6.35. The number of carbonyl (C=O) groups is 1. The van der Waals surface area contributed by atoms with E-state index < -0.39 is 12.3 Å². The van der Waals surface area contributed by atoms with Crippen LogP contribution in [0.3, 0.4) is 0 Å². The Labute approximate surface area is 265 Å². The summed E-state index contributed by atoms with van der Waals surface area (Å²) < 4.78 is 44.6. The van der Waals surface area contributed by atoms with E-state index in [1.54, 1.807) is 6.08 Å². The van der Waals surface area contributed by atoms with Crippen molar-refractivity contribution in [3.8, 4) is 0 Å². The molecule has 0 bridgehead atoms. The van der Waals surface area contributed by atoms with Crippen molar-refractivity contribution in [1.29, 1.82) is 0 Å². The van der Waals surface area contributed by atoms with Crippen LogP contribution in [0.4, 0.5) is 0 Å². The summed E-state index contributed by atoms with van der Waals surface area (Å²) in [5.74, 6) is 0.947. The Morgan fingerprint density at radius 3 is 1.93 bits per heavy atom. The fraction of sp³-hybridized carbons (Fsp3) is 0.914. The van der Waals surface area contributed by atoms with Gasteiger partial charge < -0.3 is 38.3 Å². The van der Waals surface area contributed by atoms with E-state index in [9.17, 15) is 9.90 Å². The van der Waals surface area contributed by atoms with Gasteiger partial charge >= 0.3 is 5.97 Å². The van der Waals surface area contributed by atoms with E-state index >= 15 is 0 Å². The fourth-order valence-electron chi connectivity index (χ4n) is 7.65. The minimum Gasteiger partial charge on any atom is -0.475 e. The van der Waals surface area contributed by atoms with Crippen LogP contribution in [0.25, 0.3) is 0 Å². The lowest BCUT2D eigenvalue weighted by molar-refractivity contribution is -0.300. The minimum atomic E-state index is -1.07. The number of carboxylic acids is 1. The lowest BCUT2D eigenvalue weighted by Gasteiger charge is -2.47. The molecule has 9 heteroatoms. The third-order valence-electron chi connectivity index (χ3n) is 11.6. The molecule has 9 nitrogen and oxygen atoms in total. The summed E-state index contributed by atoms with van der Waals surface area (Å²) in [7, 11) is 0. The van der Waals surface area contributed by atoms with E-state index in [-0.39, 0.29) is 90.3 Å². The fourth-order valence-corrected chi connectivity index (χ4v) is 7.65. The van der Waals surface area contributed by atoms with E-state index in [0.717, 1.165) is 0 Å². The number of carboxylic acid groups (broad SMARTS) is 1. The third kappa shape index (κ3) is 7.49. The molecule has 3 saturated heterocycles. The molecule has 4 aliphatic heterocycles. The van der Waals surface area contributed by atoms with Gasteiger partial charge in [0.05, 0.1) is 43.7 Å². The van der Waals surface area contributed by atoms with Crippen molar-refractivity contribution in [3.05, 3.63) is 11.8 Å². The van der Waals surface area contributed by atoms with Crippen molar-refractivity contribution in [2.24, 2.45) is 59.2 Å². The second-order valence-corrected chi connectivity index (χ2v) is 14.9. The van der Waals surface area contributed by atoms with Crippen LogP contribution in [0.15, 0.2) is 11.8 Å². The average molecular weight is 625 g/mol. The number of allylic oxidation sites excluding steroid dienone is 1. The van der Waals surface area contributed by atoms with Crippen molar-refractivity contribution in [1.82, 2.24) is 0 Å². The first-order chi connectivity index (χ1) is 20.6.